The maximum Gasteiger partial charge on any atom is 0.276 e. The largest absolute Gasteiger partial charge is 0.320 e. The van der Waals surface area contributed by atoms with Gasteiger partial charge in [0.15, 0.2) is 5.71 Å². The molecule has 0 saturated carbocycles. The number of anilines is 1. The second kappa shape index (κ2) is 5.57. The maximum absolute atomic E-state index is 11.9. The number of hydrogen-bond donors (Lipinski definition) is 1. The third-order valence-corrected chi connectivity index (χ3v) is 3.10. The first kappa shape index (κ1) is 13.6. The van der Waals surface area contributed by atoms with Gasteiger partial charge in [0.2, 0.25) is 0 Å². The highest BCUT2D eigenvalue weighted by atomic mass is 16.6. The SMILES string of the molecule is O=C1Nc2ccc([N+](=O)[O-])cc2/C1=N/N=C\c1ccccc1. The predicted molar refractivity (Wildman–Crippen MR) is 82.3 cm³/mol. The molecule has 0 atom stereocenters. The van der Waals surface area contributed by atoms with Crippen LogP contribution in [0.25, 0.3) is 0 Å². The van der Waals surface area contributed by atoms with E-state index in [1.165, 1.54) is 24.4 Å². The lowest BCUT2D eigenvalue weighted by Gasteiger charge is -1.96. The molecule has 2 aromatic rings. The van der Waals surface area contributed by atoms with Gasteiger partial charge >= 0.3 is 0 Å². The van der Waals surface area contributed by atoms with Gasteiger partial charge in [-0.2, -0.15) is 5.10 Å². The summed E-state index contributed by atoms with van der Waals surface area (Å²) in [6, 6.07) is 13.4. The van der Waals surface area contributed by atoms with Crippen LogP contribution < -0.4 is 5.32 Å². The average Bonchev–Trinajstić information content (AvgIpc) is 2.83. The van der Waals surface area contributed by atoms with Crippen molar-refractivity contribution in [3.8, 4) is 0 Å². The van der Waals surface area contributed by atoms with Crippen LogP contribution in [0.3, 0.4) is 0 Å². The molecule has 1 aliphatic heterocycles. The number of carbonyl (C=O) groups excluding carboxylic acids is 1. The van der Waals surface area contributed by atoms with Crippen LogP contribution in [0, 0.1) is 10.1 Å². The van der Waals surface area contributed by atoms with Crippen LogP contribution in [-0.2, 0) is 4.79 Å². The number of nitro benzene ring substituents is 1. The summed E-state index contributed by atoms with van der Waals surface area (Å²) >= 11 is 0. The summed E-state index contributed by atoms with van der Waals surface area (Å²) in [5.74, 6) is -0.430. The van der Waals surface area contributed by atoms with Crippen molar-refractivity contribution in [3.05, 3.63) is 69.8 Å². The first-order valence-corrected chi connectivity index (χ1v) is 6.41. The monoisotopic (exact) mass is 294 g/mol. The van der Waals surface area contributed by atoms with E-state index in [0.29, 0.717) is 11.3 Å². The maximum atomic E-state index is 11.9. The van der Waals surface area contributed by atoms with Crippen LogP contribution in [0.4, 0.5) is 11.4 Å². The molecule has 1 amide bonds. The van der Waals surface area contributed by atoms with Crippen LogP contribution in [0.15, 0.2) is 58.7 Å². The summed E-state index contributed by atoms with van der Waals surface area (Å²) in [5, 5.41) is 21.2. The second-order valence-electron chi connectivity index (χ2n) is 4.54. The molecule has 7 nitrogen and oxygen atoms in total. The fourth-order valence-electron chi connectivity index (χ4n) is 2.05. The number of benzene rings is 2. The number of rotatable bonds is 3. The second-order valence-corrected chi connectivity index (χ2v) is 4.54. The van der Waals surface area contributed by atoms with Crippen molar-refractivity contribution in [1.29, 1.82) is 0 Å². The number of non-ortho nitro benzene ring substituents is 1. The Balaban J connectivity index is 1.94. The van der Waals surface area contributed by atoms with Crippen molar-refractivity contribution in [2.75, 3.05) is 5.32 Å². The lowest BCUT2D eigenvalue weighted by atomic mass is 10.1. The number of carbonyl (C=O) groups is 1. The first-order chi connectivity index (χ1) is 10.6. The van der Waals surface area contributed by atoms with E-state index in [4.69, 9.17) is 0 Å². The van der Waals surface area contributed by atoms with Gasteiger partial charge in [0, 0.05) is 17.7 Å². The third-order valence-electron chi connectivity index (χ3n) is 3.10. The topological polar surface area (TPSA) is 97.0 Å². The van der Waals surface area contributed by atoms with Crippen LogP contribution in [0.5, 0.6) is 0 Å². The molecule has 0 fully saturated rings. The van der Waals surface area contributed by atoms with Crippen molar-refractivity contribution in [2.45, 2.75) is 0 Å². The molecule has 0 radical (unpaired) electrons. The van der Waals surface area contributed by atoms with E-state index in [1.807, 2.05) is 30.3 Å². The smallest absolute Gasteiger partial charge is 0.276 e. The molecule has 2 aromatic carbocycles. The normalized spacial score (nSPS) is 15.1. The van der Waals surface area contributed by atoms with Crippen LogP contribution in [-0.4, -0.2) is 22.8 Å². The first-order valence-electron chi connectivity index (χ1n) is 6.41. The van der Waals surface area contributed by atoms with E-state index < -0.39 is 10.8 Å². The molecule has 0 bridgehead atoms. The molecule has 0 aliphatic carbocycles. The molecule has 0 aromatic heterocycles. The Morgan fingerprint density at radius 1 is 1.14 bits per heavy atom. The highest BCUT2D eigenvalue weighted by Gasteiger charge is 2.28. The average molecular weight is 294 g/mol. The van der Waals surface area contributed by atoms with Gasteiger partial charge in [-0.25, -0.2) is 0 Å². The third kappa shape index (κ3) is 2.59. The van der Waals surface area contributed by atoms with Gasteiger partial charge in [-0.05, 0) is 11.6 Å². The zero-order valence-electron chi connectivity index (χ0n) is 11.3. The molecule has 0 saturated heterocycles. The van der Waals surface area contributed by atoms with E-state index in [9.17, 15) is 14.9 Å². The summed E-state index contributed by atoms with van der Waals surface area (Å²) in [6.45, 7) is 0. The Hall–Kier alpha value is -3.35. The van der Waals surface area contributed by atoms with Gasteiger partial charge in [0.25, 0.3) is 11.6 Å². The molecule has 7 heteroatoms. The molecule has 22 heavy (non-hydrogen) atoms. The molecular formula is C15H10N4O3. The highest BCUT2D eigenvalue weighted by Crippen LogP contribution is 2.27. The Labute approximate surface area is 125 Å². The van der Waals surface area contributed by atoms with Gasteiger partial charge in [-0.1, -0.05) is 30.3 Å². The lowest BCUT2D eigenvalue weighted by molar-refractivity contribution is -0.384. The Bertz CT molecular complexity index is 813. The molecule has 1 heterocycles. The fraction of sp³-hybridized carbons (Fsp3) is 0. The predicted octanol–water partition coefficient (Wildman–Crippen LogP) is 2.37. The van der Waals surface area contributed by atoms with E-state index in [1.54, 1.807) is 0 Å². The Morgan fingerprint density at radius 3 is 2.64 bits per heavy atom. The standard InChI is InChI=1S/C15H10N4O3/c20-15-14(18-16-9-10-4-2-1-3-5-10)12-8-11(19(21)22)6-7-13(12)17-15/h1-9H,(H,17,18,20)/b16-9-. The number of nitrogens with zero attached hydrogens (tertiary/aromatic N) is 3. The number of nitrogens with one attached hydrogen (secondary N) is 1. The summed E-state index contributed by atoms with van der Waals surface area (Å²) in [7, 11) is 0. The molecule has 1 aliphatic rings. The van der Waals surface area contributed by atoms with E-state index in [2.05, 4.69) is 15.5 Å². The fourth-order valence-corrected chi connectivity index (χ4v) is 2.05. The number of fused-ring (bicyclic) bond motifs is 1. The molecular weight excluding hydrogens is 284 g/mol. The van der Waals surface area contributed by atoms with E-state index in [0.717, 1.165) is 5.56 Å². The van der Waals surface area contributed by atoms with Crippen molar-refractivity contribution in [1.82, 2.24) is 0 Å². The minimum absolute atomic E-state index is 0.0610. The minimum Gasteiger partial charge on any atom is -0.320 e. The molecule has 3 rings (SSSR count). The molecule has 108 valence electrons. The molecule has 1 N–H and O–H groups in total. The molecule has 0 spiro atoms. The Kier molecular flexibility index (Phi) is 3.45. The lowest BCUT2D eigenvalue weighted by Crippen LogP contribution is -2.13. The van der Waals surface area contributed by atoms with Crippen molar-refractivity contribution in [2.24, 2.45) is 10.2 Å². The summed E-state index contributed by atoms with van der Waals surface area (Å²) in [4.78, 5) is 22.2. The van der Waals surface area contributed by atoms with Gasteiger partial charge in [-0.3, -0.25) is 14.9 Å². The summed E-state index contributed by atoms with van der Waals surface area (Å²) in [6.07, 6.45) is 1.51. The van der Waals surface area contributed by atoms with Crippen molar-refractivity contribution >= 4 is 29.2 Å². The van der Waals surface area contributed by atoms with Crippen LogP contribution in [0.1, 0.15) is 11.1 Å². The minimum atomic E-state index is -0.520. The van der Waals surface area contributed by atoms with Gasteiger partial charge in [0.1, 0.15) is 0 Å². The van der Waals surface area contributed by atoms with Gasteiger partial charge < -0.3 is 5.32 Å². The van der Waals surface area contributed by atoms with E-state index >= 15 is 0 Å². The number of nitro groups is 1. The number of hydrogen-bond acceptors (Lipinski definition) is 5. The quantitative estimate of drug-likeness (QED) is 0.534. The van der Waals surface area contributed by atoms with Crippen molar-refractivity contribution < 1.29 is 9.72 Å². The zero-order chi connectivity index (χ0) is 15.5. The summed E-state index contributed by atoms with van der Waals surface area (Å²) < 4.78 is 0. The van der Waals surface area contributed by atoms with Crippen molar-refractivity contribution in [3.63, 3.8) is 0 Å². The van der Waals surface area contributed by atoms with Gasteiger partial charge in [-0.15, -0.1) is 5.10 Å². The van der Waals surface area contributed by atoms with Crippen LogP contribution >= 0.6 is 0 Å². The number of amides is 1. The van der Waals surface area contributed by atoms with E-state index in [-0.39, 0.29) is 11.4 Å². The summed E-state index contributed by atoms with van der Waals surface area (Å²) in [5.41, 5.74) is 1.67. The molecule has 0 unspecified atom stereocenters. The zero-order valence-corrected chi connectivity index (χ0v) is 11.3. The van der Waals surface area contributed by atoms with Gasteiger partial charge in [0.05, 0.1) is 16.8 Å². The Morgan fingerprint density at radius 2 is 1.91 bits per heavy atom. The highest BCUT2D eigenvalue weighted by molar-refractivity contribution is 6.53. The van der Waals surface area contributed by atoms with Crippen LogP contribution in [0.2, 0.25) is 0 Å².